The van der Waals surface area contributed by atoms with Crippen molar-refractivity contribution in [2.24, 2.45) is 17.8 Å². The zero-order valence-electron chi connectivity index (χ0n) is 28.5. The van der Waals surface area contributed by atoms with Gasteiger partial charge in [-0.3, -0.25) is 9.69 Å². The Morgan fingerprint density at radius 1 is 0.820 bits per heavy atom. The summed E-state index contributed by atoms with van der Waals surface area (Å²) in [6, 6.07) is 11.6. The number of benzene rings is 2. The molecule has 0 N–H and O–H groups in total. The Labute approximate surface area is 296 Å². The lowest BCUT2D eigenvalue weighted by atomic mass is 9.54. The van der Waals surface area contributed by atoms with Gasteiger partial charge in [0.25, 0.3) is 5.91 Å². The molecule has 0 atom stereocenters. The first-order valence-corrected chi connectivity index (χ1v) is 17.7. The van der Waals surface area contributed by atoms with Crippen molar-refractivity contribution < 1.29 is 41.7 Å². The maximum Gasteiger partial charge on any atom is 0.417 e. The Kier molecular flexibility index (Phi) is 11.1. The number of rotatable bonds is 16. The van der Waals surface area contributed by atoms with E-state index < -0.39 is 28.7 Å². The van der Waals surface area contributed by atoms with Gasteiger partial charge < -0.3 is 28.6 Å². The van der Waals surface area contributed by atoms with Crippen LogP contribution in [0, 0.1) is 29.1 Å². The van der Waals surface area contributed by atoms with Crippen molar-refractivity contribution in [2.45, 2.75) is 69.7 Å². The zero-order chi connectivity index (χ0) is 35.5. The molecule has 4 saturated carbocycles. The summed E-state index contributed by atoms with van der Waals surface area (Å²) in [7, 11) is 0. The van der Waals surface area contributed by atoms with Crippen LogP contribution in [0.3, 0.4) is 0 Å². The molecule has 7 rings (SSSR count). The van der Waals surface area contributed by atoms with Crippen LogP contribution in [0.25, 0.3) is 0 Å². The molecule has 4 aliphatic carbocycles. The van der Waals surface area contributed by atoms with E-state index >= 15 is 0 Å². The first-order chi connectivity index (χ1) is 23.9. The van der Waals surface area contributed by atoms with Gasteiger partial charge in [0, 0.05) is 5.69 Å². The fraction of sp³-hybridized carbons (Fsp3) is 0.595. The van der Waals surface area contributed by atoms with E-state index in [0.29, 0.717) is 64.3 Å². The Hall–Kier alpha value is -3.28. The zero-order valence-corrected chi connectivity index (χ0v) is 29.3. The van der Waals surface area contributed by atoms with Crippen molar-refractivity contribution in [1.29, 1.82) is 5.26 Å². The minimum Gasteiger partial charge on any atom is -0.491 e. The van der Waals surface area contributed by atoms with Crippen molar-refractivity contribution in [3.8, 4) is 11.8 Å². The number of halogens is 3. The SMILES string of the molecule is CC1(C)C(=O)N(c2ccc(C#N)c(C(F)(F)F)c2)C(=S)N1c1ccc(OCCOCCOCCOCCOC23CC4CC(CC(C4)C2)C3)cc1. The van der Waals surface area contributed by atoms with Crippen molar-refractivity contribution >= 4 is 34.6 Å². The molecular weight excluding hydrogens is 671 g/mol. The van der Waals surface area contributed by atoms with E-state index in [-0.39, 0.29) is 16.4 Å². The predicted octanol–water partition coefficient (Wildman–Crippen LogP) is 6.91. The average Bonchev–Trinajstić information content (AvgIpc) is 3.24. The monoisotopic (exact) mass is 715 g/mol. The third kappa shape index (κ3) is 7.95. The van der Waals surface area contributed by atoms with Crippen molar-refractivity contribution in [3.63, 3.8) is 0 Å². The standard InChI is InChI=1S/C37H44F3N3O6S/c1-35(2)33(44)42(30-4-3-28(24-41)32(20-30)37(38,39)40)34(50)43(35)29-5-7-31(8-6-29)48-15-13-46-11-9-45-10-12-47-14-16-49-36-21-25-17-26(22-36)19-27(18-25)23-36/h3-8,20,25-27H,9-19,21-23H2,1-2H3. The van der Waals surface area contributed by atoms with Crippen LogP contribution in [-0.2, 0) is 29.9 Å². The Balaban J connectivity index is 0.864. The summed E-state index contributed by atoms with van der Waals surface area (Å²) in [5, 5.41) is 9.17. The van der Waals surface area contributed by atoms with Crippen LogP contribution < -0.4 is 14.5 Å². The molecule has 5 aliphatic rings. The highest BCUT2D eigenvalue weighted by Gasteiger charge is 2.52. The lowest BCUT2D eigenvalue weighted by Crippen LogP contribution is -2.52. The molecule has 2 aromatic rings. The molecule has 1 amide bonds. The van der Waals surface area contributed by atoms with Crippen LogP contribution in [0.4, 0.5) is 24.5 Å². The Morgan fingerprint density at radius 3 is 1.88 bits per heavy atom. The first-order valence-electron chi connectivity index (χ1n) is 17.3. The Morgan fingerprint density at radius 2 is 1.34 bits per heavy atom. The van der Waals surface area contributed by atoms with E-state index in [0.717, 1.165) is 34.8 Å². The van der Waals surface area contributed by atoms with Gasteiger partial charge in [-0.15, -0.1) is 0 Å². The van der Waals surface area contributed by atoms with Gasteiger partial charge in [0.2, 0.25) is 0 Å². The highest BCUT2D eigenvalue weighted by molar-refractivity contribution is 7.81. The molecule has 1 heterocycles. The maximum absolute atomic E-state index is 13.6. The van der Waals surface area contributed by atoms with Gasteiger partial charge in [-0.1, -0.05) is 0 Å². The predicted molar refractivity (Wildman–Crippen MR) is 184 cm³/mol. The molecule has 2 aromatic carbocycles. The molecule has 0 spiro atoms. The number of ether oxygens (including phenoxy) is 5. The van der Waals surface area contributed by atoms with Gasteiger partial charge in [0.1, 0.15) is 17.9 Å². The number of hydrogen-bond acceptors (Lipinski definition) is 8. The second-order valence-corrected chi connectivity index (χ2v) is 14.7. The minimum atomic E-state index is -4.77. The molecule has 9 nitrogen and oxygen atoms in total. The summed E-state index contributed by atoms with van der Waals surface area (Å²) in [5.41, 5.74) is -2.22. The summed E-state index contributed by atoms with van der Waals surface area (Å²) >= 11 is 5.60. The summed E-state index contributed by atoms with van der Waals surface area (Å²) < 4.78 is 69.9. The molecule has 13 heteroatoms. The lowest BCUT2D eigenvalue weighted by molar-refractivity contribution is -0.169. The molecule has 0 unspecified atom stereocenters. The molecule has 1 aliphatic heterocycles. The second-order valence-electron chi connectivity index (χ2n) is 14.3. The number of amides is 1. The fourth-order valence-corrected chi connectivity index (χ4v) is 8.96. The van der Waals surface area contributed by atoms with E-state index in [1.807, 2.05) is 0 Å². The van der Waals surface area contributed by atoms with Crippen LogP contribution in [-0.4, -0.2) is 75.0 Å². The summed E-state index contributed by atoms with van der Waals surface area (Å²) in [5.74, 6) is 2.71. The molecule has 270 valence electrons. The fourth-order valence-electron chi connectivity index (χ4n) is 8.44. The number of anilines is 2. The number of carbonyl (C=O) groups is 1. The Bertz CT molecular complexity index is 1540. The number of alkyl halides is 3. The molecule has 0 aromatic heterocycles. The number of thiocarbonyl (C=S) groups is 1. The number of hydrogen-bond donors (Lipinski definition) is 0. The van der Waals surface area contributed by atoms with Crippen LogP contribution in [0.5, 0.6) is 5.75 Å². The maximum atomic E-state index is 13.6. The van der Waals surface area contributed by atoms with E-state index in [1.54, 1.807) is 49.1 Å². The van der Waals surface area contributed by atoms with E-state index in [4.69, 9.17) is 41.2 Å². The summed E-state index contributed by atoms with van der Waals surface area (Å²) in [6.07, 6.45) is 3.17. The number of nitriles is 1. The third-order valence-corrected chi connectivity index (χ3v) is 10.7. The van der Waals surface area contributed by atoms with E-state index in [1.165, 1.54) is 44.6 Å². The normalized spacial score (nSPS) is 25.4. The van der Waals surface area contributed by atoms with Crippen LogP contribution in [0.15, 0.2) is 42.5 Å². The highest BCUT2D eigenvalue weighted by atomic mass is 32.1. The van der Waals surface area contributed by atoms with Gasteiger partial charge in [-0.25, -0.2) is 0 Å². The van der Waals surface area contributed by atoms with Gasteiger partial charge >= 0.3 is 6.18 Å². The minimum absolute atomic E-state index is 0.0233. The van der Waals surface area contributed by atoms with Gasteiger partial charge in [0.05, 0.1) is 74.7 Å². The van der Waals surface area contributed by atoms with Crippen molar-refractivity contribution in [3.05, 3.63) is 53.6 Å². The third-order valence-electron chi connectivity index (χ3n) is 10.3. The number of carbonyl (C=O) groups excluding carboxylic acids is 1. The molecule has 50 heavy (non-hydrogen) atoms. The lowest BCUT2D eigenvalue weighted by Gasteiger charge is -2.56. The summed E-state index contributed by atoms with van der Waals surface area (Å²) in [6.45, 7) is 7.08. The van der Waals surface area contributed by atoms with E-state index in [2.05, 4.69) is 0 Å². The molecule has 0 radical (unpaired) electrons. The average molecular weight is 716 g/mol. The summed E-state index contributed by atoms with van der Waals surface area (Å²) in [4.78, 5) is 16.1. The highest BCUT2D eigenvalue weighted by Crippen LogP contribution is 2.57. The van der Waals surface area contributed by atoms with Crippen molar-refractivity contribution in [2.75, 3.05) is 62.7 Å². The quantitative estimate of drug-likeness (QED) is 0.136. The van der Waals surface area contributed by atoms with Gasteiger partial charge in [0.15, 0.2) is 5.11 Å². The largest absolute Gasteiger partial charge is 0.491 e. The van der Waals surface area contributed by atoms with Gasteiger partial charge in [-0.2, -0.15) is 18.4 Å². The smallest absolute Gasteiger partial charge is 0.417 e. The van der Waals surface area contributed by atoms with Crippen LogP contribution >= 0.6 is 12.2 Å². The van der Waals surface area contributed by atoms with E-state index in [9.17, 15) is 18.0 Å². The topological polar surface area (TPSA) is 93.5 Å². The molecule has 1 saturated heterocycles. The molecular formula is C37H44F3N3O6S. The van der Waals surface area contributed by atoms with Crippen LogP contribution in [0.1, 0.15) is 63.5 Å². The molecule has 4 bridgehead atoms. The molecule has 5 fully saturated rings. The second kappa shape index (κ2) is 15.1. The number of nitrogens with zero attached hydrogens (tertiary/aromatic N) is 3. The first kappa shape index (κ1) is 36.5. The van der Waals surface area contributed by atoms with Crippen LogP contribution in [0.2, 0.25) is 0 Å². The van der Waals surface area contributed by atoms with Gasteiger partial charge in [-0.05, 0) is 125 Å². The van der Waals surface area contributed by atoms with Crippen molar-refractivity contribution in [1.82, 2.24) is 0 Å².